The summed E-state index contributed by atoms with van der Waals surface area (Å²) in [5, 5.41) is 2.83. The summed E-state index contributed by atoms with van der Waals surface area (Å²) in [6, 6.07) is 7.57. The maximum Gasteiger partial charge on any atom is 0.256 e. The molecule has 4 heteroatoms. The Labute approximate surface area is 116 Å². The van der Waals surface area contributed by atoms with E-state index >= 15 is 0 Å². The summed E-state index contributed by atoms with van der Waals surface area (Å²) in [6.07, 6.45) is 2.60. The lowest BCUT2D eigenvalue weighted by atomic mass is 10.0. The topological polar surface area (TPSA) is 62.0 Å². The standard InChI is InChI=1S/C16H14N2O2/c1-9-10(2)15(8-19)17-14(9)7-12-11-5-3-4-6-13(11)18-16(12)20/h3-8,17H,1-2H3,(H,18,20)/b12-7-. The van der Waals surface area contributed by atoms with E-state index in [0.717, 1.165) is 34.4 Å². The number of hydrogen-bond donors (Lipinski definition) is 2. The van der Waals surface area contributed by atoms with Gasteiger partial charge in [-0.05, 0) is 37.1 Å². The van der Waals surface area contributed by atoms with Gasteiger partial charge >= 0.3 is 0 Å². The highest BCUT2D eigenvalue weighted by atomic mass is 16.2. The van der Waals surface area contributed by atoms with E-state index in [1.165, 1.54) is 0 Å². The Morgan fingerprint density at radius 1 is 1.05 bits per heavy atom. The molecule has 1 aliphatic rings. The fourth-order valence-corrected chi connectivity index (χ4v) is 2.43. The zero-order valence-corrected chi connectivity index (χ0v) is 11.3. The Morgan fingerprint density at radius 3 is 2.45 bits per heavy atom. The van der Waals surface area contributed by atoms with Gasteiger partial charge < -0.3 is 10.3 Å². The van der Waals surface area contributed by atoms with Gasteiger partial charge in [-0.25, -0.2) is 0 Å². The van der Waals surface area contributed by atoms with Crippen molar-refractivity contribution in [2.75, 3.05) is 5.32 Å². The molecular weight excluding hydrogens is 252 g/mol. The molecule has 1 aromatic carbocycles. The number of anilines is 1. The molecule has 0 fully saturated rings. The van der Waals surface area contributed by atoms with E-state index < -0.39 is 0 Å². The van der Waals surface area contributed by atoms with Crippen molar-refractivity contribution in [2.45, 2.75) is 13.8 Å². The molecule has 0 saturated heterocycles. The van der Waals surface area contributed by atoms with E-state index in [1.54, 1.807) is 6.08 Å². The number of carbonyl (C=O) groups is 2. The second-order valence-corrected chi connectivity index (χ2v) is 4.88. The fourth-order valence-electron chi connectivity index (χ4n) is 2.43. The SMILES string of the molecule is Cc1c(C=O)[nH]c(/C=C2\C(=O)Nc3ccccc32)c1C. The molecule has 0 spiro atoms. The van der Waals surface area contributed by atoms with E-state index in [4.69, 9.17) is 0 Å². The van der Waals surface area contributed by atoms with E-state index in [9.17, 15) is 9.59 Å². The molecule has 0 aliphatic carbocycles. The van der Waals surface area contributed by atoms with Gasteiger partial charge in [-0.15, -0.1) is 0 Å². The number of carbonyl (C=O) groups excluding carboxylic acids is 2. The normalized spacial score (nSPS) is 15.3. The number of benzene rings is 1. The fraction of sp³-hybridized carbons (Fsp3) is 0.125. The van der Waals surface area contributed by atoms with Gasteiger partial charge in [0.25, 0.3) is 5.91 Å². The maximum absolute atomic E-state index is 12.0. The summed E-state index contributed by atoms with van der Waals surface area (Å²) in [5.41, 5.74) is 5.57. The molecule has 2 heterocycles. The highest BCUT2D eigenvalue weighted by molar-refractivity contribution is 6.34. The minimum atomic E-state index is -0.120. The largest absolute Gasteiger partial charge is 0.352 e. The van der Waals surface area contributed by atoms with Crippen molar-refractivity contribution in [3.63, 3.8) is 0 Å². The van der Waals surface area contributed by atoms with Gasteiger partial charge in [-0.2, -0.15) is 0 Å². The van der Waals surface area contributed by atoms with Gasteiger partial charge in [0.2, 0.25) is 0 Å². The number of aromatic amines is 1. The molecule has 2 N–H and O–H groups in total. The molecule has 2 aromatic rings. The minimum absolute atomic E-state index is 0.120. The van der Waals surface area contributed by atoms with Gasteiger partial charge in [0, 0.05) is 16.9 Å². The molecule has 0 atom stereocenters. The van der Waals surface area contributed by atoms with Crippen LogP contribution in [0.2, 0.25) is 0 Å². The van der Waals surface area contributed by atoms with Crippen LogP contribution in [0, 0.1) is 13.8 Å². The first kappa shape index (κ1) is 12.4. The number of hydrogen-bond acceptors (Lipinski definition) is 2. The van der Waals surface area contributed by atoms with Crippen molar-refractivity contribution in [1.29, 1.82) is 0 Å². The predicted octanol–water partition coefficient (Wildman–Crippen LogP) is 2.94. The Bertz CT molecular complexity index is 754. The van der Waals surface area contributed by atoms with Gasteiger partial charge in [0.1, 0.15) is 0 Å². The smallest absolute Gasteiger partial charge is 0.256 e. The summed E-state index contributed by atoms with van der Waals surface area (Å²) in [5.74, 6) is -0.120. The third-order valence-electron chi connectivity index (χ3n) is 3.76. The second-order valence-electron chi connectivity index (χ2n) is 4.88. The van der Waals surface area contributed by atoms with Crippen molar-refractivity contribution < 1.29 is 9.59 Å². The van der Waals surface area contributed by atoms with Crippen LogP contribution in [0.3, 0.4) is 0 Å². The Kier molecular flexibility index (Phi) is 2.79. The number of fused-ring (bicyclic) bond motifs is 1. The molecule has 4 nitrogen and oxygen atoms in total. The van der Waals surface area contributed by atoms with E-state index in [2.05, 4.69) is 10.3 Å². The van der Waals surface area contributed by atoms with E-state index in [0.29, 0.717) is 11.3 Å². The monoisotopic (exact) mass is 266 g/mol. The van der Waals surface area contributed by atoms with Crippen molar-refractivity contribution in [3.05, 3.63) is 52.3 Å². The molecule has 0 bridgehead atoms. The lowest BCUT2D eigenvalue weighted by Gasteiger charge is -1.98. The van der Waals surface area contributed by atoms with Crippen LogP contribution in [0.5, 0.6) is 0 Å². The van der Waals surface area contributed by atoms with Crippen LogP contribution >= 0.6 is 0 Å². The first-order chi connectivity index (χ1) is 9.61. The number of H-pyrrole nitrogens is 1. The third kappa shape index (κ3) is 1.77. The molecule has 1 aromatic heterocycles. The maximum atomic E-state index is 12.0. The first-order valence-electron chi connectivity index (χ1n) is 6.38. The summed E-state index contributed by atoms with van der Waals surface area (Å²) in [7, 11) is 0. The van der Waals surface area contributed by atoms with Crippen molar-refractivity contribution >= 4 is 29.5 Å². The minimum Gasteiger partial charge on any atom is -0.352 e. The summed E-state index contributed by atoms with van der Waals surface area (Å²) >= 11 is 0. The average Bonchev–Trinajstić information content (AvgIpc) is 2.91. The van der Waals surface area contributed by atoms with Crippen LogP contribution in [-0.4, -0.2) is 17.2 Å². The molecule has 100 valence electrons. The van der Waals surface area contributed by atoms with Crippen molar-refractivity contribution in [1.82, 2.24) is 4.98 Å². The third-order valence-corrected chi connectivity index (χ3v) is 3.76. The average molecular weight is 266 g/mol. The highest BCUT2D eigenvalue weighted by Gasteiger charge is 2.24. The zero-order chi connectivity index (χ0) is 14.3. The van der Waals surface area contributed by atoms with Gasteiger partial charge in [0.05, 0.1) is 11.3 Å². The number of aldehydes is 1. The van der Waals surface area contributed by atoms with Crippen LogP contribution in [-0.2, 0) is 4.79 Å². The molecule has 3 rings (SSSR count). The molecule has 20 heavy (non-hydrogen) atoms. The summed E-state index contributed by atoms with van der Waals surface area (Å²) in [4.78, 5) is 26.1. The van der Waals surface area contributed by atoms with Crippen LogP contribution in [0.4, 0.5) is 5.69 Å². The van der Waals surface area contributed by atoms with Gasteiger partial charge in [0.15, 0.2) is 6.29 Å². The first-order valence-corrected chi connectivity index (χ1v) is 6.38. The molecule has 1 aliphatic heterocycles. The Morgan fingerprint density at radius 2 is 1.75 bits per heavy atom. The van der Waals surface area contributed by atoms with Crippen LogP contribution < -0.4 is 5.32 Å². The van der Waals surface area contributed by atoms with E-state index in [-0.39, 0.29) is 5.91 Å². The second kappa shape index (κ2) is 4.49. The highest BCUT2D eigenvalue weighted by Crippen LogP contribution is 2.33. The predicted molar refractivity (Wildman–Crippen MR) is 78.6 cm³/mol. The number of rotatable bonds is 2. The Balaban J connectivity index is 2.14. The number of para-hydroxylation sites is 1. The van der Waals surface area contributed by atoms with E-state index in [1.807, 2.05) is 38.1 Å². The van der Waals surface area contributed by atoms with Crippen LogP contribution in [0.15, 0.2) is 24.3 Å². The van der Waals surface area contributed by atoms with Gasteiger partial charge in [-0.3, -0.25) is 9.59 Å². The van der Waals surface area contributed by atoms with Crippen molar-refractivity contribution in [3.8, 4) is 0 Å². The molecule has 0 saturated carbocycles. The number of aromatic nitrogens is 1. The summed E-state index contributed by atoms with van der Waals surface area (Å²) in [6.45, 7) is 3.82. The molecule has 0 unspecified atom stereocenters. The summed E-state index contributed by atoms with van der Waals surface area (Å²) < 4.78 is 0. The lowest BCUT2D eigenvalue weighted by molar-refractivity contribution is -0.110. The molecule has 0 radical (unpaired) electrons. The molecule has 1 amide bonds. The molecular formula is C16H14N2O2. The number of amides is 1. The quantitative estimate of drug-likeness (QED) is 0.648. The van der Waals surface area contributed by atoms with Crippen LogP contribution in [0.25, 0.3) is 11.6 Å². The van der Waals surface area contributed by atoms with Crippen molar-refractivity contribution in [2.24, 2.45) is 0 Å². The zero-order valence-electron chi connectivity index (χ0n) is 11.3. The van der Waals surface area contributed by atoms with Gasteiger partial charge in [-0.1, -0.05) is 18.2 Å². The number of nitrogens with one attached hydrogen (secondary N) is 2. The Hall–Kier alpha value is -2.62. The lowest BCUT2D eigenvalue weighted by Crippen LogP contribution is -2.03. The van der Waals surface area contributed by atoms with Crippen LogP contribution in [0.1, 0.15) is 32.9 Å².